The van der Waals surface area contributed by atoms with E-state index in [1.165, 1.54) is 11.1 Å². The third-order valence-corrected chi connectivity index (χ3v) is 5.72. The predicted octanol–water partition coefficient (Wildman–Crippen LogP) is 4.32. The van der Waals surface area contributed by atoms with Crippen LogP contribution in [0.3, 0.4) is 0 Å². The van der Waals surface area contributed by atoms with Crippen LogP contribution in [0, 0.1) is 20.8 Å². The number of hydrogen-bond donors (Lipinski definition) is 2. The largest absolute Gasteiger partial charge is 0.357 e. The summed E-state index contributed by atoms with van der Waals surface area (Å²) in [5.74, 6) is 0. The van der Waals surface area contributed by atoms with E-state index in [1.54, 1.807) is 6.20 Å². The van der Waals surface area contributed by atoms with Gasteiger partial charge < -0.3 is 10.6 Å². The molecule has 0 bridgehead atoms. The lowest BCUT2D eigenvalue weighted by atomic mass is 10.1. The molecule has 1 aromatic carbocycles. The standard InChI is InChI=1S/C20H25BrN6S/c1-5-26-18(17(21)10-23-26)11-22-20(28)24-19-14(3)25-27(15(19)4)12-16-9-7-6-8-13(16)2/h6-10H,5,11-12H2,1-4H3,(H2,22,24,28). The SMILES string of the molecule is CCn1ncc(Br)c1CNC(=S)Nc1c(C)nn(Cc2ccccc2C)c1C. The highest BCUT2D eigenvalue weighted by Crippen LogP contribution is 2.21. The second-order valence-corrected chi connectivity index (χ2v) is 7.96. The fourth-order valence-electron chi connectivity index (χ4n) is 3.14. The van der Waals surface area contributed by atoms with Crippen LogP contribution < -0.4 is 10.6 Å². The van der Waals surface area contributed by atoms with Crippen LogP contribution in [0.1, 0.15) is 35.1 Å². The zero-order valence-corrected chi connectivity index (χ0v) is 19.0. The lowest BCUT2D eigenvalue weighted by Gasteiger charge is -2.12. The number of aromatic nitrogens is 4. The minimum Gasteiger partial charge on any atom is -0.357 e. The third kappa shape index (κ3) is 4.44. The van der Waals surface area contributed by atoms with Crippen molar-refractivity contribution in [3.05, 3.63) is 63.1 Å². The second kappa shape index (κ2) is 8.87. The summed E-state index contributed by atoms with van der Waals surface area (Å²) in [6.45, 7) is 10.4. The molecule has 8 heteroatoms. The van der Waals surface area contributed by atoms with Gasteiger partial charge in [-0.05, 0) is 67.0 Å². The topological polar surface area (TPSA) is 59.7 Å². The quantitative estimate of drug-likeness (QED) is 0.536. The van der Waals surface area contributed by atoms with Crippen molar-refractivity contribution in [1.29, 1.82) is 0 Å². The van der Waals surface area contributed by atoms with Gasteiger partial charge in [-0.1, -0.05) is 24.3 Å². The van der Waals surface area contributed by atoms with Crippen molar-refractivity contribution in [1.82, 2.24) is 24.9 Å². The van der Waals surface area contributed by atoms with Crippen molar-refractivity contribution in [2.45, 2.75) is 47.3 Å². The van der Waals surface area contributed by atoms with Crippen molar-refractivity contribution < 1.29 is 0 Å². The van der Waals surface area contributed by atoms with Crippen LogP contribution in [-0.2, 0) is 19.6 Å². The number of rotatable bonds is 6. The predicted molar refractivity (Wildman–Crippen MR) is 121 cm³/mol. The number of halogens is 1. The maximum atomic E-state index is 5.51. The van der Waals surface area contributed by atoms with Crippen molar-refractivity contribution >= 4 is 38.9 Å². The van der Waals surface area contributed by atoms with Crippen LogP contribution in [0.2, 0.25) is 0 Å². The van der Waals surface area contributed by atoms with Gasteiger partial charge in [0.25, 0.3) is 0 Å². The summed E-state index contributed by atoms with van der Waals surface area (Å²) in [5.41, 5.74) is 6.53. The average molecular weight is 461 g/mol. The Balaban J connectivity index is 1.69. The maximum Gasteiger partial charge on any atom is 0.171 e. The molecule has 0 aliphatic carbocycles. The highest BCUT2D eigenvalue weighted by molar-refractivity contribution is 9.10. The Bertz CT molecular complexity index is 991. The number of benzene rings is 1. The van der Waals surface area contributed by atoms with E-state index in [0.717, 1.165) is 40.3 Å². The monoisotopic (exact) mass is 460 g/mol. The molecule has 3 rings (SSSR count). The minimum absolute atomic E-state index is 0.567. The summed E-state index contributed by atoms with van der Waals surface area (Å²) in [5, 5.41) is 16.2. The molecular weight excluding hydrogens is 436 g/mol. The Morgan fingerprint density at radius 1 is 1.18 bits per heavy atom. The van der Waals surface area contributed by atoms with Crippen LogP contribution in [0.4, 0.5) is 5.69 Å². The van der Waals surface area contributed by atoms with Gasteiger partial charge >= 0.3 is 0 Å². The molecular formula is C20H25BrN6S. The first kappa shape index (κ1) is 20.5. The molecule has 0 unspecified atom stereocenters. The normalized spacial score (nSPS) is 10.9. The van der Waals surface area contributed by atoms with Gasteiger partial charge in [-0.25, -0.2) is 0 Å². The highest BCUT2D eigenvalue weighted by atomic mass is 79.9. The van der Waals surface area contributed by atoms with E-state index in [1.807, 2.05) is 16.3 Å². The van der Waals surface area contributed by atoms with Crippen LogP contribution in [0.25, 0.3) is 0 Å². The van der Waals surface area contributed by atoms with Crippen molar-refractivity contribution in [3.63, 3.8) is 0 Å². The molecule has 3 aromatic rings. The summed E-state index contributed by atoms with van der Waals surface area (Å²) in [7, 11) is 0. The first-order chi connectivity index (χ1) is 13.4. The number of hydrogen-bond acceptors (Lipinski definition) is 3. The van der Waals surface area contributed by atoms with Gasteiger partial charge in [0.05, 0.1) is 46.5 Å². The molecule has 0 saturated carbocycles. The molecule has 6 nitrogen and oxygen atoms in total. The lowest BCUT2D eigenvalue weighted by molar-refractivity contribution is 0.613. The molecule has 2 N–H and O–H groups in total. The maximum absolute atomic E-state index is 5.51. The van der Waals surface area contributed by atoms with Gasteiger partial charge in [0, 0.05) is 6.54 Å². The number of aryl methyl sites for hydroxylation is 3. The molecule has 0 fully saturated rings. The molecule has 0 spiro atoms. The number of nitrogens with one attached hydrogen (secondary N) is 2. The van der Waals surface area contributed by atoms with E-state index in [-0.39, 0.29) is 0 Å². The Hall–Kier alpha value is -2.19. The van der Waals surface area contributed by atoms with Crippen LogP contribution >= 0.6 is 28.1 Å². The first-order valence-electron chi connectivity index (χ1n) is 9.24. The minimum atomic E-state index is 0.567. The molecule has 148 valence electrons. The van der Waals surface area contributed by atoms with E-state index < -0.39 is 0 Å². The van der Waals surface area contributed by atoms with E-state index in [4.69, 9.17) is 17.3 Å². The van der Waals surface area contributed by atoms with Crippen LogP contribution in [-0.4, -0.2) is 24.7 Å². The molecule has 0 aliphatic rings. The van der Waals surface area contributed by atoms with Gasteiger partial charge in [-0.3, -0.25) is 9.36 Å². The number of anilines is 1. The van der Waals surface area contributed by atoms with Crippen LogP contribution in [0.5, 0.6) is 0 Å². The molecule has 2 aromatic heterocycles. The molecule has 28 heavy (non-hydrogen) atoms. The average Bonchev–Trinajstić information content (AvgIpc) is 3.16. The second-order valence-electron chi connectivity index (χ2n) is 6.69. The Kier molecular flexibility index (Phi) is 6.51. The smallest absolute Gasteiger partial charge is 0.171 e. The number of nitrogens with zero attached hydrogens (tertiary/aromatic N) is 4. The fraction of sp³-hybridized carbons (Fsp3) is 0.350. The third-order valence-electron chi connectivity index (χ3n) is 4.82. The van der Waals surface area contributed by atoms with Gasteiger partial charge in [0.15, 0.2) is 5.11 Å². The summed E-state index contributed by atoms with van der Waals surface area (Å²) in [6, 6.07) is 8.38. The van der Waals surface area contributed by atoms with Gasteiger partial charge in [-0.2, -0.15) is 10.2 Å². The van der Waals surface area contributed by atoms with E-state index in [0.29, 0.717) is 11.7 Å². The fourth-order valence-corrected chi connectivity index (χ4v) is 3.75. The summed E-state index contributed by atoms with van der Waals surface area (Å²) < 4.78 is 4.94. The van der Waals surface area contributed by atoms with Crippen molar-refractivity contribution in [3.8, 4) is 0 Å². The molecule has 0 atom stereocenters. The zero-order valence-electron chi connectivity index (χ0n) is 16.6. The van der Waals surface area contributed by atoms with E-state index in [2.05, 4.69) is 76.7 Å². The van der Waals surface area contributed by atoms with Gasteiger partial charge in [0.2, 0.25) is 0 Å². The van der Waals surface area contributed by atoms with Crippen molar-refractivity contribution in [2.24, 2.45) is 0 Å². The Labute approximate surface area is 179 Å². The lowest BCUT2D eigenvalue weighted by Crippen LogP contribution is -2.29. The molecule has 0 aliphatic heterocycles. The van der Waals surface area contributed by atoms with E-state index >= 15 is 0 Å². The Morgan fingerprint density at radius 2 is 1.93 bits per heavy atom. The first-order valence-corrected chi connectivity index (χ1v) is 10.4. The summed E-state index contributed by atoms with van der Waals surface area (Å²) >= 11 is 9.05. The van der Waals surface area contributed by atoms with Crippen LogP contribution in [0.15, 0.2) is 34.9 Å². The zero-order chi connectivity index (χ0) is 20.3. The van der Waals surface area contributed by atoms with E-state index in [9.17, 15) is 0 Å². The molecule has 0 radical (unpaired) electrons. The van der Waals surface area contributed by atoms with Crippen molar-refractivity contribution in [2.75, 3.05) is 5.32 Å². The number of thiocarbonyl (C=S) groups is 1. The summed E-state index contributed by atoms with van der Waals surface area (Å²) in [6.07, 6.45) is 1.81. The Morgan fingerprint density at radius 3 is 2.64 bits per heavy atom. The molecule has 0 saturated heterocycles. The molecule has 2 heterocycles. The summed E-state index contributed by atoms with van der Waals surface area (Å²) in [4.78, 5) is 0. The highest BCUT2D eigenvalue weighted by Gasteiger charge is 2.14. The van der Waals surface area contributed by atoms with Gasteiger partial charge in [0.1, 0.15) is 0 Å². The molecule has 0 amide bonds. The van der Waals surface area contributed by atoms with Gasteiger partial charge in [-0.15, -0.1) is 0 Å².